The maximum atomic E-state index is 11.4. The van der Waals surface area contributed by atoms with Crippen molar-refractivity contribution in [2.45, 2.75) is 12.1 Å². The third-order valence-corrected chi connectivity index (χ3v) is 5.00. The number of aliphatic hydroxyl groups excluding tert-OH is 1. The third kappa shape index (κ3) is 2.50. The van der Waals surface area contributed by atoms with Crippen LogP contribution in [0.4, 0.5) is 0 Å². The molecule has 1 N–H and O–H groups in total. The van der Waals surface area contributed by atoms with Crippen LogP contribution in [0.5, 0.6) is 0 Å². The van der Waals surface area contributed by atoms with E-state index in [-0.39, 0.29) is 17.5 Å². The van der Waals surface area contributed by atoms with Crippen LogP contribution >= 0.6 is 0 Å². The lowest BCUT2D eigenvalue weighted by Gasteiger charge is -2.36. The summed E-state index contributed by atoms with van der Waals surface area (Å²) in [5, 5.41) is 9.71. The van der Waals surface area contributed by atoms with Gasteiger partial charge in [0, 0.05) is 26.2 Å². The van der Waals surface area contributed by atoms with Crippen LogP contribution in [0.3, 0.4) is 0 Å². The first kappa shape index (κ1) is 11.3. The maximum Gasteiger partial charge on any atom is 0.154 e. The van der Waals surface area contributed by atoms with Crippen molar-refractivity contribution in [2.75, 3.05) is 44.7 Å². The van der Waals surface area contributed by atoms with Crippen molar-refractivity contribution in [3.05, 3.63) is 0 Å². The highest BCUT2D eigenvalue weighted by atomic mass is 32.2. The predicted molar refractivity (Wildman–Crippen MR) is 57.5 cm³/mol. The topological polar surface area (TPSA) is 60.9 Å². The molecular weight excluding hydrogens is 216 g/mol. The van der Waals surface area contributed by atoms with E-state index in [4.69, 9.17) is 0 Å². The zero-order chi connectivity index (χ0) is 11.1. The average Bonchev–Trinajstić information content (AvgIpc) is 2.41. The average molecular weight is 234 g/mol. The Labute approximate surface area is 90.6 Å². The molecule has 0 aliphatic carbocycles. The summed E-state index contributed by atoms with van der Waals surface area (Å²) >= 11 is 0. The van der Waals surface area contributed by atoms with Gasteiger partial charge < -0.3 is 10.0 Å². The molecule has 2 rings (SSSR count). The zero-order valence-electron chi connectivity index (χ0n) is 8.96. The van der Waals surface area contributed by atoms with Crippen LogP contribution in [0.2, 0.25) is 0 Å². The molecule has 2 atom stereocenters. The van der Waals surface area contributed by atoms with Crippen LogP contribution < -0.4 is 0 Å². The molecule has 2 fully saturated rings. The van der Waals surface area contributed by atoms with E-state index in [0.717, 1.165) is 26.2 Å². The molecule has 2 aliphatic rings. The molecule has 0 spiro atoms. The van der Waals surface area contributed by atoms with Crippen molar-refractivity contribution in [1.29, 1.82) is 0 Å². The van der Waals surface area contributed by atoms with Crippen molar-refractivity contribution in [1.82, 2.24) is 9.80 Å². The Kier molecular flexibility index (Phi) is 3.03. The lowest BCUT2D eigenvalue weighted by atomic mass is 10.1. The van der Waals surface area contributed by atoms with E-state index in [1.54, 1.807) is 0 Å². The molecule has 0 aromatic rings. The fourth-order valence-corrected chi connectivity index (χ4v) is 4.14. The number of rotatable bonds is 1. The highest BCUT2D eigenvalue weighted by Gasteiger charge is 2.40. The Morgan fingerprint density at radius 3 is 2.20 bits per heavy atom. The standard InChI is InChI=1S/C9H18N2O3S/c1-10-2-4-11(5-3-10)8-6-15(13,14)7-9(8)12/h8-9,12H,2-7H2,1H3. The van der Waals surface area contributed by atoms with E-state index in [1.807, 2.05) is 0 Å². The van der Waals surface area contributed by atoms with Gasteiger partial charge in [-0.15, -0.1) is 0 Å². The summed E-state index contributed by atoms with van der Waals surface area (Å²) in [6.45, 7) is 3.61. The normalized spacial score (nSPS) is 38.3. The smallest absolute Gasteiger partial charge is 0.154 e. The second kappa shape index (κ2) is 4.01. The molecular formula is C9H18N2O3S. The van der Waals surface area contributed by atoms with E-state index in [1.165, 1.54) is 0 Å². The van der Waals surface area contributed by atoms with Crippen LogP contribution in [0.15, 0.2) is 0 Å². The molecule has 2 aliphatic heterocycles. The third-order valence-electron chi connectivity index (χ3n) is 3.30. The van der Waals surface area contributed by atoms with Gasteiger partial charge in [-0.2, -0.15) is 0 Å². The van der Waals surface area contributed by atoms with Crippen molar-refractivity contribution in [2.24, 2.45) is 0 Å². The van der Waals surface area contributed by atoms with E-state index in [0.29, 0.717) is 0 Å². The summed E-state index contributed by atoms with van der Waals surface area (Å²) in [5.74, 6) is 0.0574. The molecule has 0 aromatic heterocycles. The van der Waals surface area contributed by atoms with Crippen molar-refractivity contribution in [3.63, 3.8) is 0 Å². The summed E-state index contributed by atoms with van der Waals surface area (Å²) in [5.41, 5.74) is 0. The van der Waals surface area contributed by atoms with Crippen LogP contribution in [0.25, 0.3) is 0 Å². The number of hydrogen-bond acceptors (Lipinski definition) is 5. The van der Waals surface area contributed by atoms with E-state index in [9.17, 15) is 13.5 Å². The van der Waals surface area contributed by atoms with Gasteiger partial charge in [0.15, 0.2) is 9.84 Å². The van der Waals surface area contributed by atoms with Gasteiger partial charge >= 0.3 is 0 Å². The molecule has 0 bridgehead atoms. The van der Waals surface area contributed by atoms with E-state index >= 15 is 0 Å². The Morgan fingerprint density at radius 1 is 1.13 bits per heavy atom. The quantitative estimate of drug-likeness (QED) is 0.591. The molecule has 0 saturated carbocycles. The van der Waals surface area contributed by atoms with Gasteiger partial charge in [0.1, 0.15) is 0 Å². The summed E-state index contributed by atoms with van der Waals surface area (Å²) in [4.78, 5) is 4.32. The van der Waals surface area contributed by atoms with Gasteiger partial charge in [-0.05, 0) is 7.05 Å². The highest BCUT2D eigenvalue weighted by Crippen LogP contribution is 2.19. The molecule has 2 heterocycles. The minimum atomic E-state index is -3.01. The Balaban J connectivity index is 2.00. The largest absolute Gasteiger partial charge is 0.390 e. The van der Waals surface area contributed by atoms with Gasteiger partial charge in [-0.25, -0.2) is 8.42 Å². The molecule has 0 amide bonds. The second-order valence-corrected chi connectivity index (χ2v) is 6.70. The van der Waals surface area contributed by atoms with Crippen LogP contribution in [-0.4, -0.2) is 80.2 Å². The van der Waals surface area contributed by atoms with Crippen molar-refractivity contribution >= 4 is 9.84 Å². The molecule has 88 valence electrons. The lowest BCUT2D eigenvalue weighted by Crippen LogP contribution is -2.52. The maximum absolute atomic E-state index is 11.4. The molecule has 0 radical (unpaired) electrons. The first-order valence-corrected chi connectivity index (χ1v) is 7.11. The van der Waals surface area contributed by atoms with Gasteiger partial charge in [-0.3, -0.25) is 4.90 Å². The van der Waals surface area contributed by atoms with E-state index in [2.05, 4.69) is 16.8 Å². The van der Waals surface area contributed by atoms with Gasteiger partial charge in [0.25, 0.3) is 0 Å². The highest BCUT2D eigenvalue weighted by molar-refractivity contribution is 7.91. The molecule has 5 nitrogen and oxygen atoms in total. The monoisotopic (exact) mass is 234 g/mol. The molecule has 0 aromatic carbocycles. The lowest BCUT2D eigenvalue weighted by molar-refractivity contribution is 0.0512. The number of nitrogens with zero attached hydrogens (tertiary/aromatic N) is 2. The van der Waals surface area contributed by atoms with Crippen LogP contribution in [-0.2, 0) is 9.84 Å². The van der Waals surface area contributed by atoms with Crippen molar-refractivity contribution < 1.29 is 13.5 Å². The number of hydrogen-bond donors (Lipinski definition) is 1. The van der Waals surface area contributed by atoms with Crippen LogP contribution in [0.1, 0.15) is 0 Å². The predicted octanol–water partition coefficient (Wildman–Crippen LogP) is -1.61. The van der Waals surface area contributed by atoms with Crippen LogP contribution in [0, 0.1) is 0 Å². The molecule has 2 unspecified atom stereocenters. The Bertz CT molecular complexity index is 322. The second-order valence-electron chi connectivity index (χ2n) is 4.55. The van der Waals surface area contributed by atoms with Gasteiger partial charge in [0.05, 0.1) is 23.7 Å². The summed E-state index contributed by atoms with van der Waals surface area (Å²) < 4.78 is 22.7. The fourth-order valence-electron chi connectivity index (χ4n) is 2.31. The number of aliphatic hydroxyl groups is 1. The first-order valence-electron chi connectivity index (χ1n) is 5.29. The zero-order valence-corrected chi connectivity index (χ0v) is 9.78. The van der Waals surface area contributed by atoms with Gasteiger partial charge in [-0.1, -0.05) is 0 Å². The summed E-state index contributed by atoms with van der Waals surface area (Å²) in [6.07, 6.45) is -0.696. The number of likely N-dealkylation sites (N-methyl/N-ethyl adjacent to an activating group) is 1. The molecule has 2 saturated heterocycles. The number of piperazine rings is 1. The first-order chi connectivity index (χ1) is 6.98. The van der Waals surface area contributed by atoms with Gasteiger partial charge in [0.2, 0.25) is 0 Å². The number of sulfone groups is 1. The molecule has 15 heavy (non-hydrogen) atoms. The fraction of sp³-hybridized carbons (Fsp3) is 1.00. The van der Waals surface area contributed by atoms with E-state index < -0.39 is 15.9 Å². The minimum Gasteiger partial charge on any atom is -0.390 e. The Morgan fingerprint density at radius 2 is 1.73 bits per heavy atom. The molecule has 6 heteroatoms. The summed E-state index contributed by atoms with van der Waals surface area (Å²) in [7, 11) is -0.958. The summed E-state index contributed by atoms with van der Waals surface area (Å²) in [6, 6.07) is -0.177. The minimum absolute atomic E-state index is 0.0655. The SMILES string of the molecule is CN1CCN(C2CS(=O)(=O)CC2O)CC1. The Hall–Kier alpha value is -0.170. The van der Waals surface area contributed by atoms with Crippen molar-refractivity contribution in [3.8, 4) is 0 Å².